The Kier molecular flexibility index (Phi) is 3.13. The molecule has 3 rings (SSSR count). The Morgan fingerprint density at radius 1 is 1.30 bits per heavy atom. The van der Waals surface area contributed by atoms with Crippen molar-refractivity contribution in [2.24, 2.45) is 0 Å². The molecule has 0 amide bonds. The van der Waals surface area contributed by atoms with Crippen LogP contribution < -0.4 is 0 Å². The predicted octanol–water partition coefficient (Wildman–Crippen LogP) is 4.78. The van der Waals surface area contributed by atoms with E-state index in [0.717, 1.165) is 34.0 Å². The summed E-state index contributed by atoms with van der Waals surface area (Å²) in [7, 11) is 0. The molecule has 0 saturated heterocycles. The van der Waals surface area contributed by atoms with Crippen LogP contribution in [-0.4, -0.2) is 14.5 Å². The third kappa shape index (κ3) is 1.95. The minimum absolute atomic E-state index is 0.00575. The molecular weight excluding hydrogens is 266 g/mol. The topological polar surface area (TPSA) is 33.6 Å². The first-order valence-electron chi connectivity index (χ1n) is 7.03. The van der Waals surface area contributed by atoms with Crippen molar-refractivity contribution in [2.75, 3.05) is 0 Å². The van der Waals surface area contributed by atoms with Crippen LogP contribution in [-0.2, 0) is 5.54 Å². The maximum Gasteiger partial charge on any atom is 0.178 e. The maximum absolute atomic E-state index is 5.56. The van der Waals surface area contributed by atoms with Gasteiger partial charge < -0.3 is 9.55 Å². The monoisotopic (exact) mass is 285 g/mol. The number of benzene rings is 1. The summed E-state index contributed by atoms with van der Waals surface area (Å²) in [6.07, 6.45) is 4.10. The predicted molar refractivity (Wildman–Crippen MR) is 86.7 cm³/mol. The second kappa shape index (κ2) is 4.70. The Hall–Kier alpha value is -1.68. The molecule has 3 aromatic rings. The lowest BCUT2D eigenvalue weighted by atomic mass is 9.98. The van der Waals surface area contributed by atoms with Crippen molar-refractivity contribution < 1.29 is 0 Å². The average Bonchev–Trinajstić information content (AvgIpc) is 2.76. The number of imidazole rings is 1. The molecule has 0 spiro atoms. The van der Waals surface area contributed by atoms with Gasteiger partial charge in [-0.25, -0.2) is 0 Å². The molecule has 4 heteroatoms. The van der Waals surface area contributed by atoms with Crippen molar-refractivity contribution in [1.29, 1.82) is 0 Å². The number of hydrogen-bond acceptors (Lipinski definition) is 2. The van der Waals surface area contributed by atoms with Crippen LogP contribution in [0.4, 0.5) is 0 Å². The van der Waals surface area contributed by atoms with Gasteiger partial charge in [-0.15, -0.1) is 0 Å². The van der Waals surface area contributed by atoms with Gasteiger partial charge in [0.25, 0.3) is 0 Å². The summed E-state index contributed by atoms with van der Waals surface area (Å²) in [5, 5.41) is 1.15. The average molecular weight is 285 g/mol. The lowest BCUT2D eigenvalue weighted by Gasteiger charge is -2.27. The largest absolute Gasteiger partial charge is 0.329 e. The van der Waals surface area contributed by atoms with E-state index in [-0.39, 0.29) is 5.54 Å². The zero-order valence-electron chi connectivity index (χ0n) is 12.1. The molecule has 0 saturated carbocycles. The molecule has 3 nitrogen and oxygen atoms in total. The van der Waals surface area contributed by atoms with E-state index in [1.807, 2.05) is 18.3 Å². The molecule has 0 fully saturated rings. The molecule has 0 atom stereocenters. The number of rotatable bonds is 3. The van der Waals surface area contributed by atoms with Crippen molar-refractivity contribution in [3.05, 3.63) is 35.2 Å². The van der Waals surface area contributed by atoms with Crippen molar-refractivity contribution in [3.8, 4) is 0 Å². The van der Waals surface area contributed by atoms with Gasteiger partial charge in [-0.2, -0.15) is 0 Å². The van der Waals surface area contributed by atoms with Gasteiger partial charge in [-0.3, -0.25) is 4.98 Å². The molecule has 0 unspecified atom stereocenters. The first kappa shape index (κ1) is 13.3. The Morgan fingerprint density at radius 2 is 2.05 bits per heavy atom. The van der Waals surface area contributed by atoms with Crippen LogP contribution in [0.5, 0.6) is 0 Å². The van der Waals surface area contributed by atoms with Crippen molar-refractivity contribution in [2.45, 2.75) is 39.2 Å². The number of fused-ring (bicyclic) bond motifs is 3. The number of pyridine rings is 1. The van der Waals surface area contributed by atoms with Gasteiger partial charge in [0.2, 0.25) is 0 Å². The molecular formula is C16H19N3S. The third-order valence-corrected chi connectivity index (χ3v) is 4.17. The highest BCUT2D eigenvalue weighted by Crippen LogP contribution is 2.31. The number of hydrogen-bond donors (Lipinski definition) is 1. The lowest BCUT2D eigenvalue weighted by Crippen LogP contribution is -2.26. The normalized spacial score (nSPS) is 12.3. The van der Waals surface area contributed by atoms with Gasteiger partial charge in [-0.05, 0) is 38.6 Å². The molecule has 0 aliphatic carbocycles. The van der Waals surface area contributed by atoms with Crippen LogP contribution in [0.2, 0.25) is 0 Å². The summed E-state index contributed by atoms with van der Waals surface area (Å²) >= 11 is 5.56. The summed E-state index contributed by atoms with van der Waals surface area (Å²) in [4.78, 5) is 7.80. The first-order valence-corrected chi connectivity index (χ1v) is 7.44. The summed E-state index contributed by atoms with van der Waals surface area (Å²) in [6.45, 7) is 6.70. The first-order chi connectivity index (χ1) is 9.54. The molecule has 1 aromatic carbocycles. The van der Waals surface area contributed by atoms with E-state index in [0.29, 0.717) is 0 Å². The quantitative estimate of drug-likeness (QED) is 0.702. The molecule has 104 valence electrons. The number of H-pyrrole nitrogens is 1. The Balaban J connectivity index is 2.45. The minimum atomic E-state index is -0.00575. The summed E-state index contributed by atoms with van der Waals surface area (Å²) in [6, 6.07) is 8.23. The zero-order valence-corrected chi connectivity index (χ0v) is 12.9. The highest BCUT2D eigenvalue weighted by molar-refractivity contribution is 7.71. The van der Waals surface area contributed by atoms with E-state index in [9.17, 15) is 0 Å². The molecule has 0 radical (unpaired) electrons. The van der Waals surface area contributed by atoms with Gasteiger partial charge in [-0.1, -0.05) is 31.5 Å². The van der Waals surface area contributed by atoms with Crippen molar-refractivity contribution in [3.63, 3.8) is 0 Å². The molecule has 0 aliphatic heterocycles. The van der Waals surface area contributed by atoms with Crippen molar-refractivity contribution in [1.82, 2.24) is 14.5 Å². The highest BCUT2D eigenvalue weighted by Gasteiger charge is 2.23. The van der Waals surface area contributed by atoms with Gasteiger partial charge in [0.15, 0.2) is 4.77 Å². The number of para-hydroxylation sites is 1. The number of aromatic amines is 1. The molecule has 2 aromatic heterocycles. The fraction of sp³-hybridized carbons (Fsp3) is 0.375. The van der Waals surface area contributed by atoms with E-state index in [2.05, 4.69) is 47.4 Å². The summed E-state index contributed by atoms with van der Waals surface area (Å²) in [5.41, 5.74) is 3.18. The summed E-state index contributed by atoms with van der Waals surface area (Å²) in [5.74, 6) is 0. The van der Waals surface area contributed by atoms with Crippen LogP contribution >= 0.6 is 12.2 Å². The minimum Gasteiger partial charge on any atom is -0.329 e. The van der Waals surface area contributed by atoms with Gasteiger partial charge in [0.1, 0.15) is 0 Å². The van der Waals surface area contributed by atoms with Crippen LogP contribution in [0.1, 0.15) is 33.6 Å². The SMILES string of the molecule is CCCC(C)(C)n1c(=S)[nH]c2cnc3ccccc3c21. The Morgan fingerprint density at radius 3 is 2.80 bits per heavy atom. The lowest BCUT2D eigenvalue weighted by molar-refractivity contribution is 0.330. The summed E-state index contributed by atoms with van der Waals surface area (Å²) < 4.78 is 3.03. The van der Waals surface area contributed by atoms with E-state index in [1.54, 1.807) is 0 Å². The Labute approximate surface area is 123 Å². The standard InChI is InChI=1S/C16H19N3S/c1-4-9-16(2,3)19-14-11-7-5-6-8-12(11)17-10-13(14)18-15(19)20/h5-8,10H,4,9H2,1-3H3,(H,18,20). The van der Waals surface area contributed by atoms with Gasteiger partial charge in [0.05, 0.1) is 22.7 Å². The maximum atomic E-state index is 5.56. The van der Waals surface area contributed by atoms with Crippen LogP contribution in [0.15, 0.2) is 30.5 Å². The molecule has 20 heavy (non-hydrogen) atoms. The van der Waals surface area contributed by atoms with Crippen molar-refractivity contribution >= 4 is 34.2 Å². The van der Waals surface area contributed by atoms with Gasteiger partial charge >= 0.3 is 0 Å². The van der Waals surface area contributed by atoms with E-state index >= 15 is 0 Å². The number of nitrogens with one attached hydrogen (secondary N) is 1. The fourth-order valence-electron chi connectivity index (χ4n) is 3.03. The van der Waals surface area contributed by atoms with Crippen LogP contribution in [0.25, 0.3) is 21.9 Å². The second-order valence-electron chi connectivity index (χ2n) is 5.87. The number of nitrogens with zero attached hydrogens (tertiary/aromatic N) is 2. The molecule has 1 N–H and O–H groups in total. The highest BCUT2D eigenvalue weighted by atomic mass is 32.1. The molecule has 0 bridgehead atoms. The fourth-order valence-corrected chi connectivity index (χ4v) is 3.48. The van der Waals surface area contributed by atoms with E-state index in [4.69, 9.17) is 12.2 Å². The molecule has 0 aliphatic rings. The van der Waals surface area contributed by atoms with E-state index in [1.165, 1.54) is 5.52 Å². The van der Waals surface area contributed by atoms with E-state index < -0.39 is 0 Å². The van der Waals surface area contributed by atoms with Gasteiger partial charge in [0, 0.05) is 10.9 Å². The Bertz CT molecular complexity index is 826. The van der Waals surface area contributed by atoms with Crippen LogP contribution in [0.3, 0.4) is 0 Å². The zero-order chi connectivity index (χ0) is 14.3. The number of aromatic nitrogens is 3. The van der Waals surface area contributed by atoms with Crippen LogP contribution in [0, 0.1) is 4.77 Å². The molecule has 2 heterocycles. The smallest absolute Gasteiger partial charge is 0.178 e. The second-order valence-corrected chi connectivity index (χ2v) is 6.25. The third-order valence-electron chi connectivity index (χ3n) is 3.88.